The van der Waals surface area contributed by atoms with E-state index >= 15 is 0 Å². The SMILES string of the molecule is O=c1c2[nH]ncc2nnn1Cc1ccc(F)c(Br)c1. The smallest absolute Gasteiger partial charge is 0.271 e. The summed E-state index contributed by atoms with van der Waals surface area (Å²) in [6.45, 7) is 0.208. The molecule has 0 saturated carbocycles. The van der Waals surface area contributed by atoms with Crippen molar-refractivity contribution >= 4 is 27.0 Å². The molecule has 6 nitrogen and oxygen atoms in total. The summed E-state index contributed by atoms with van der Waals surface area (Å²) in [6, 6.07) is 4.51. The lowest BCUT2D eigenvalue weighted by molar-refractivity contribution is 0.594. The molecule has 2 heterocycles. The van der Waals surface area contributed by atoms with Crippen molar-refractivity contribution in [3.8, 4) is 0 Å². The van der Waals surface area contributed by atoms with Gasteiger partial charge in [-0.05, 0) is 33.6 Å². The van der Waals surface area contributed by atoms with Crippen LogP contribution in [0.3, 0.4) is 0 Å². The van der Waals surface area contributed by atoms with E-state index in [0.717, 1.165) is 5.56 Å². The Morgan fingerprint density at radius 1 is 1.42 bits per heavy atom. The molecule has 0 bridgehead atoms. The molecule has 1 aromatic carbocycles. The molecule has 19 heavy (non-hydrogen) atoms. The van der Waals surface area contributed by atoms with Gasteiger partial charge in [-0.1, -0.05) is 11.3 Å². The van der Waals surface area contributed by atoms with Gasteiger partial charge in [0.15, 0.2) is 5.52 Å². The lowest BCUT2D eigenvalue weighted by atomic mass is 10.2. The van der Waals surface area contributed by atoms with E-state index in [4.69, 9.17) is 0 Å². The highest BCUT2D eigenvalue weighted by Crippen LogP contribution is 2.17. The van der Waals surface area contributed by atoms with Crippen molar-refractivity contribution < 1.29 is 4.39 Å². The summed E-state index contributed by atoms with van der Waals surface area (Å²) in [5.74, 6) is -0.355. The Balaban J connectivity index is 2.03. The molecule has 2 aromatic heterocycles. The summed E-state index contributed by atoms with van der Waals surface area (Å²) in [6.07, 6.45) is 1.43. The predicted molar refractivity (Wildman–Crippen MR) is 69.1 cm³/mol. The van der Waals surface area contributed by atoms with E-state index in [9.17, 15) is 9.18 Å². The van der Waals surface area contributed by atoms with Crippen molar-refractivity contribution in [3.05, 3.63) is 50.6 Å². The van der Waals surface area contributed by atoms with E-state index in [-0.39, 0.29) is 17.9 Å². The summed E-state index contributed by atoms with van der Waals surface area (Å²) >= 11 is 3.10. The number of aromatic amines is 1. The van der Waals surface area contributed by atoms with Gasteiger partial charge < -0.3 is 0 Å². The minimum Gasteiger partial charge on any atom is -0.271 e. The van der Waals surface area contributed by atoms with Crippen molar-refractivity contribution in [1.82, 2.24) is 25.2 Å². The Kier molecular flexibility index (Phi) is 2.86. The van der Waals surface area contributed by atoms with Gasteiger partial charge in [0.05, 0.1) is 17.2 Å². The van der Waals surface area contributed by atoms with Crippen molar-refractivity contribution in [2.75, 3.05) is 0 Å². The summed E-state index contributed by atoms with van der Waals surface area (Å²) in [7, 11) is 0. The first-order valence-corrected chi connectivity index (χ1v) is 6.15. The molecule has 0 spiro atoms. The minimum absolute atomic E-state index is 0.208. The quantitative estimate of drug-likeness (QED) is 0.774. The number of nitrogens with zero attached hydrogens (tertiary/aromatic N) is 4. The zero-order valence-electron chi connectivity index (χ0n) is 9.47. The molecule has 0 radical (unpaired) electrons. The standard InChI is InChI=1S/C11H7BrFN5O/c12-7-3-6(1-2-8(7)13)5-18-11(19)10-9(15-17-18)4-14-16-10/h1-4H,5H2,(H,14,16). The highest BCUT2D eigenvalue weighted by Gasteiger charge is 2.08. The molecule has 0 unspecified atom stereocenters. The number of halogens is 2. The Hall–Kier alpha value is -2.09. The molecule has 3 aromatic rings. The van der Waals surface area contributed by atoms with Crippen molar-refractivity contribution in [3.63, 3.8) is 0 Å². The zero-order chi connectivity index (χ0) is 13.4. The van der Waals surface area contributed by atoms with Gasteiger partial charge in [0.25, 0.3) is 5.56 Å². The highest BCUT2D eigenvalue weighted by molar-refractivity contribution is 9.10. The third-order valence-corrected chi connectivity index (χ3v) is 3.25. The molecule has 0 aliphatic heterocycles. The van der Waals surface area contributed by atoms with E-state index in [2.05, 4.69) is 36.4 Å². The van der Waals surface area contributed by atoms with Crippen LogP contribution in [0, 0.1) is 5.82 Å². The zero-order valence-corrected chi connectivity index (χ0v) is 11.1. The molecule has 0 atom stereocenters. The third-order valence-electron chi connectivity index (χ3n) is 2.64. The largest absolute Gasteiger partial charge is 0.295 e. The van der Waals surface area contributed by atoms with Gasteiger partial charge in [-0.15, -0.1) is 5.10 Å². The second-order valence-corrected chi connectivity index (χ2v) is 4.79. The molecular formula is C11H7BrFN5O. The lowest BCUT2D eigenvalue weighted by Gasteiger charge is -2.04. The van der Waals surface area contributed by atoms with Crippen LogP contribution in [0.2, 0.25) is 0 Å². The Morgan fingerprint density at radius 3 is 3.05 bits per heavy atom. The van der Waals surface area contributed by atoms with E-state index in [1.165, 1.54) is 16.9 Å². The number of hydrogen-bond acceptors (Lipinski definition) is 4. The van der Waals surface area contributed by atoms with E-state index < -0.39 is 0 Å². The van der Waals surface area contributed by atoms with Gasteiger partial charge in [0, 0.05) is 0 Å². The number of benzene rings is 1. The van der Waals surface area contributed by atoms with Gasteiger partial charge in [-0.3, -0.25) is 9.89 Å². The van der Waals surface area contributed by atoms with Gasteiger partial charge in [0.1, 0.15) is 11.3 Å². The lowest BCUT2D eigenvalue weighted by Crippen LogP contribution is -2.24. The second kappa shape index (κ2) is 4.54. The molecule has 96 valence electrons. The first-order valence-electron chi connectivity index (χ1n) is 5.36. The van der Waals surface area contributed by atoms with Crippen LogP contribution in [0.25, 0.3) is 11.0 Å². The van der Waals surface area contributed by atoms with Gasteiger partial charge >= 0.3 is 0 Å². The third kappa shape index (κ3) is 2.14. The molecule has 0 fully saturated rings. The number of hydrogen-bond donors (Lipinski definition) is 1. The summed E-state index contributed by atoms with van der Waals surface area (Å²) in [5, 5.41) is 14.0. The fourth-order valence-electron chi connectivity index (χ4n) is 1.70. The summed E-state index contributed by atoms with van der Waals surface area (Å²) < 4.78 is 14.7. The fraction of sp³-hybridized carbons (Fsp3) is 0.0909. The van der Waals surface area contributed by atoms with Crippen LogP contribution in [0.4, 0.5) is 4.39 Å². The summed E-state index contributed by atoms with van der Waals surface area (Å²) in [4.78, 5) is 12.0. The van der Waals surface area contributed by atoms with E-state index in [0.29, 0.717) is 15.5 Å². The van der Waals surface area contributed by atoms with Crippen LogP contribution in [0.1, 0.15) is 5.56 Å². The van der Waals surface area contributed by atoms with Crippen LogP contribution in [0.5, 0.6) is 0 Å². The van der Waals surface area contributed by atoms with E-state index in [1.807, 2.05) is 0 Å². The van der Waals surface area contributed by atoms with Crippen molar-refractivity contribution in [1.29, 1.82) is 0 Å². The van der Waals surface area contributed by atoms with Crippen LogP contribution >= 0.6 is 15.9 Å². The topological polar surface area (TPSA) is 76.5 Å². The number of H-pyrrole nitrogens is 1. The maximum absolute atomic E-state index is 13.1. The first-order chi connectivity index (χ1) is 9.15. The fourth-order valence-corrected chi connectivity index (χ4v) is 2.13. The monoisotopic (exact) mass is 323 g/mol. The Labute approximate surface area is 114 Å². The molecular weight excluding hydrogens is 317 g/mol. The van der Waals surface area contributed by atoms with E-state index in [1.54, 1.807) is 12.1 Å². The number of aromatic nitrogens is 5. The van der Waals surface area contributed by atoms with Crippen LogP contribution in [-0.2, 0) is 6.54 Å². The molecule has 0 aliphatic rings. The number of rotatable bonds is 2. The molecule has 0 amide bonds. The average Bonchev–Trinajstić information content (AvgIpc) is 2.86. The Bertz CT molecular complexity index is 812. The van der Waals surface area contributed by atoms with Crippen molar-refractivity contribution in [2.24, 2.45) is 0 Å². The molecule has 0 saturated heterocycles. The van der Waals surface area contributed by atoms with Crippen LogP contribution in [-0.4, -0.2) is 25.2 Å². The predicted octanol–water partition coefficient (Wildman–Crippen LogP) is 1.46. The van der Waals surface area contributed by atoms with Gasteiger partial charge in [-0.25, -0.2) is 9.07 Å². The second-order valence-electron chi connectivity index (χ2n) is 3.93. The molecule has 3 rings (SSSR count). The summed E-state index contributed by atoms with van der Waals surface area (Å²) in [5.41, 5.74) is 1.14. The minimum atomic E-state index is -0.355. The van der Waals surface area contributed by atoms with Crippen LogP contribution in [0.15, 0.2) is 33.7 Å². The van der Waals surface area contributed by atoms with Gasteiger partial charge in [-0.2, -0.15) is 5.10 Å². The van der Waals surface area contributed by atoms with Crippen molar-refractivity contribution in [2.45, 2.75) is 6.54 Å². The maximum Gasteiger partial charge on any atom is 0.295 e. The first kappa shape index (κ1) is 12.0. The molecule has 0 aliphatic carbocycles. The molecule has 8 heteroatoms. The van der Waals surface area contributed by atoms with Gasteiger partial charge in [0.2, 0.25) is 0 Å². The van der Waals surface area contributed by atoms with Crippen LogP contribution < -0.4 is 5.56 Å². The highest BCUT2D eigenvalue weighted by atomic mass is 79.9. The normalized spacial score (nSPS) is 11.1. The number of fused-ring (bicyclic) bond motifs is 1. The average molecular weight is 324 g/mol. The Morgan fingerprint density at radius 2 is 2.26 bits per heavy atom. The maximum atomic E-state index is 13.1. The molecule has 1 N–H and O–H groups in total. The number of nitrogens with one attached hydrogen (secondary N) is 1.